The standard InChI is InChI=1S/C25H25F3N2/c1-16(2)19-11-8-12-20(17(3)4)24(19)29-15-18-9-7-14-23(30-18)21-10-5-6-13-22(21)25(26,27)28/h5-17H,1-4H3. The van der Waals surface area contributed by atoms with Crippen LogP contribution in [0.15, 0.2) is 65.7 Å². The normalized spacial score (nSPS) is 12.3. The van der Waals surface area contributed by atoms with Crippen LogP contribution in [-0.2, 0) is 6.18 Å². The number of aromatic nitrogens is 1. The number of halogens is 3. The van der Waals surface area contributed by atoms with Gasteiger partial charge in [0.15, 0.2) is 0 Å². The average Bonchev–Trinajstić information content (AvgIpc) is 2.71. The molecule has 0 N–H and O–H groups in total. The molecule has 0 fully saturated rings. The van der Waals surface area contributed by atoms with Crippen LogP contribution in [0.25, 0.3) is 11.3 Å². The van der Waals surface area contributed by atoms with Gasteiger partial charge >= 0.3 is 6.18 Å². The molecule has 0 bridgehead atoms. The van der Waals surface area contributed by atoms with Gasteiger partial charge in [-0.1, -0.05) is 70.2 Å². The summed E-state index contributed by atoms with van der Waals surface area (Å²) in [6.45, 7) is 8.47. The van der Waals surface area contributed by atoms with Gasteiger partial charge in [-0.2, -0.15) is 13.2 Å². The quantitative estimate of drug-likeness (QED) is 0.395. The van der Waals surface area contributed by atoms with Crippen molar-refractivity contribution in [2.24, 2.45) is 4.99 Å². The largest absolute Gasteiger partial charge is 0.417 e. The molecule has 0 radical (unpaired) electrons. The van der Waals surface area contributed by atoms with Crippen LogP contribution in [0, 0.1) is 0 Å². The Balaban J connectivity index is 2.04. The maximum absolute atomic E-state index is 13.4. The highest BCUT2D eigenvalue weighted by atomic mass is 19.4. The second kappa shape index (κ2) is 8.82. The molecule has 0 aliphatic heterocycles. The molecule has 1 aromatic heterocycles. The van der Waals surface area contributed by atoms with Gasteiger partial charge in [0.1, 0.15) is 0 Å². The lowest BCUT2D eigenvalue weighted by Gasteiger charge is -2.16. The van der Waals surface area contributed by atoms with Crippen LogP contribution < -0.4 is 0 Å². The van der Waals surface area contributed by atoms with E-state index < -0.39 is 11.7 Å². The molecule has 2 nitrogen and oxygen atoms in total. The van der Waals surface area contributed by atoms with Crippen LogP contribution in [0.2, 0.25) is 0 Å². The van der Waals surface area contributed by atoms with Gasteiger partial charge in [0, 0.05) is 5.56 Å². The van der Waals surface area contributed by atoms with E-state index in [1.807, 2.05) is 6.07 Å². The second-order valence-electron chi connectivity index (χ2n) is 7.84. The summed E-state index contributed by atoms with van der Waals surface area (Å²) in [5.41, 5.74) is 3.33. The summed E-state index contributed by atoms with van der Waals surface area (Å²) in [5.74, 6) is 0.600. The minimum atomic E-state index is -4.44. The van der Waals surface area contributed by atoms with Crippen molar-refractivity contribution in [3.8, 4) is 11.3 Å². The van der Waals surface area contributed by atoms with Gasteiger partial charge in [-0.05, 0) is 41.2 Å². The fourth-order valence-electron chi connectivity index (χ4n) is 3.42. The Kier molecular flexibility index (Phi) is 6.40. The third-order valence-electron chi connectivity index (χ3n) is 4.95. The molecule has 30 heavy (non-hydrogen) atoms. The molecule has 0 unspecified atom stereocenters. The highest BCUT2D eigenvalue weighted by Crippen LogP contribution is 2.37. The molecule has 0 saturated carbocycles. The number of para-hydroxylation sites is 1. The van der Waals surface area contributed by atoms with Crippen LogP contribution >= 0.6 is 0 Å². The number of rotatable bonds is 5. The lowest BCUT2D eigenvalue weighted by atomic mass is 9.93. The SMILES string of the molecule is CC(C)c1cccc(C(C)C)c1N=Cc1cccc(-c2ccccc2C(F)(F)F)n1. The van der Waals surface area contributed by atoms with E-state index in [0.29, 0.717) is 17.5 Å². The molecule has 0 amide bonds. The smallest absolute Gasteiger partial charge is 0.254 e. The molecular weight excluding hydrogens is 385 g/mol. The number of aliphatic imine (C=N–C) groups is 1. The van der Waals surface area contributed by atoms with E-state index in [1.165, 1.54) is 12.1 Å². The van der Waals surface area contributed by atoms with E-state index >= 15 is 0 Å². The number of alkyl halides is 3. The fraction of sp³-hybridized carbons (Fsp3) is 0.280. The van der Waals surface area contributed by atoms with Crippen LogP contribution in [0.3, 0.4) is 0 Å². The van der Waals surface area contributed by atoms with Gasteiger partial charge in [0.05, 0.1) is 28.9 Å². The maximum atomic E-state index is 13.4. The molecule has 156 valence electrons. The van der Waals surface area contributed by atoms with Crippen LogP contribution in [0.5, 0.6) is 0 Å². The van der Waals surface area contributed by atoms with E-state index in [-0.39, 0.29) is 11.3 Å². The summed E-state index contributed by atoms with van der Waals surface area (Å²) < 4.78 is 40.2. The third kappa shape index (κ3) is 4.78. The number of benzene rings is 2. The molecule has 0 atom stereocenters. The van der Waals surface area contributed by atoms with Crippen molar-refractivity contribution in [2.45, 2.75) is 45.7 Å². The number of hydrogen-bond donors (Lipinski definition) is 0. The van der Waals surface area contributed by atoms with Crippen molar-refractivity contribution in [1.82, 2.24) is 4.98 Å². The summed E-state index contributed by atoms with van der Waals surface area (Å²) in [5, 5.41) is 0. The number of nitrogens with zero attached hydrogens (tertiary/aromatic N) is 2. The molecule has 5 heteroatoms. The van der Waals surface area contributed by atoms with Crippen molar-refractivity contribution in [3.63, 3.8) is 0 Å². The van der Waals surface area contributed by atoms with E-state index in [4.69, 9.17) is 4.99 Å². The summed E-state index contributed by atoms with van der Waals surface area (Å²) >= 11 is 0. The molecule has 2 aromatic carbocycles. The first-order valence-electron chi connectivity index (χ1n) is 9.99. The Hall–Kier alpha value is -2.95. The zero-order valence-corrected chi connectivity index (χ0v) is 17.5. The molecule has 3 aromatic rings. The first-order valence-corrected chi connectivity index (χ1v) is 9.99. The molecule has 1 heterocycles. The van der Waals surface area contributed by atoms with Gasteiger partial charge in [-0.15, -0.1) is 0 Å². The minimum absolute atomic E-state index is 0.0608. The molecule has 0 spiro atoms. The molecular formula is C25H25F3N2. The first-order chi connectivity index (χ1) is 14.2. The molecule has 0 aliphatic rings. The van der Waals surface area contributed by atoms with Crippen molar-refractivity contribution in [2.75, 3.05) is 0 Å². The summed E-state index contributed by atoms with van der Waals surface area (Å²) in [7, 11) is 0. The number of hydrogen-bond acceptors (Lipinski definition) is 2. The Labute approximate surface area is 175 Å². The van der Waals surface area contributed by atoms with Gasteiger partial charge in [0.2, 0.25) is 0 Å². The highest BCUT2D eigenvalue weighted by Gasteiger charge is 2.33. The minimum Gasteiger partial charge on any atom is -0.254 e. The first kappa shape index (κ1) is 21.8. The van der Waals surface area contributed by atoms with E-state index in [1.54, 1.807) is 30.5 Å². The lowest BCUT2D eigenvalue weighted by molar-refractivity contribution is -0.137. The Morgan fingerprint density at radius 3 is 2.00 bits per heavy atom. The van der Waals surface area contributed by atoms with Crippen molar-refractivity contribution < 1.29 is 13.2 Å². The van der Waals surface area contributed by atoms with Gasteiger partial charge in [-0.25, -0.2) is 4.98 Å². The Morgan fingerprint density at radius 1 is 0.800 bits per heavy atom. The van der Waals surface area contributed by atoms with Crippen molar-refractivity contribution in [3.05, 3.63) is 83.0 Å². The highest BCUT2D eigenvalue weighted by molar-refractivity contribution is 5.82. The fourth-order valence-corrected chi connectivity index (χ4v) is 3.42. The van der Waals surface area contributed by atoms with Crippen LogP contribution in [-0.4, -0.2) is 11.2 Å². The number of pyridine rings is 1. The van der Waals surface area contributed by atoms with Crippen LogP contribution in [0.4, 0.5) is 18.9 Å². The molecule has 0 saturated heterocycles. The monoisotopic (exact) mass is 410 g/mol. The molecule has 3 rings (SSSR count). The van der Waals surface area contributed by atoms with Gasteiger partial charge < -0.3 is 0 Å². The zero-order chi connectivity index (χ0) is 21.9. The predicted octanol–water partition coefficient (Wildman–Crippen LogP) is 7.76. The summed E-state index contributed by atoms with van der Waals surface area (Å²) in [6.07, 6.45) is -2.81. The summed E-state index contributed by atoms with van der Waals surface area (Å²) in [6, 6.07) is 16.7. The van der Waals surface area contributed by atoms with E-state index in [2.05, 4.69) is 44.8 Å². The van der Waals surface area contributed by atoms with Crippen LogP contribution in [0.1, 0.15) is 61.9 Å². The van der Waals surface area contributed by atoms with E-state index in [9.17, 15) is 13.2 Å². The van der Waals surface area contributed by atoms with Gasteiger partial charge in [0.25, 0.3) is 0 Å². The average molecular weight is 410 g/mol. The zero-order valence-electron chi connectivity index (χ0n) is 17.5. The Morgan fingerprint density at radius 2 is 1.40 bits per heavy atom. The third-order valence-corrected chi connectivity index (χ3v) is 4.95. The predicted molar refractivity (Wildman–Crippen MR) is 117 cm³/mol. The van der Waals surface area contributed by atoms with Gasteiger partial charge in [-0.3, -0.25) is 4.99 Å². The van der Waals surface area contributed by atoms with Crippen molar-refractivity contribution in [1.29, 1.82) is 0 Å². The Bertz CT molecular complexity index is 1020. The van der Waals surface area contributed by atoms with Crippen molar-refractivity contribution >= 4 is 11.9 Å². The van der Waals surface area contributed by atoms with E-state index in [0.717, 1.165) is 22.9 Å². The lowest BCUT2D eigenvalue weighted by Crippen LogP contribution is -2.07. The summed E-state index contributed by atoms with van der Waals surface area (Å²) in [4.78, 5) is 9.15. The second-order valence-corrected chi connectivity index (χ2v) is 7.84. The maximum Gasteiger partial charge on any atom is 0.417 e. The molecule has 0 aliphatic carbocycles. The topological polar surface area (TPSA) is 25.2 Å².